The number of carboxylic acid groups (broad SMARTS) is 2. The zero-order valence-electron chi connectivity index (χ0n) is 9.21. The highest BCUT2D eigenvalue weighted by atomic mass is 79.9. The van der Waals surface area contributed by atoms with Crippen LogP contribution in [0.5, 0.6) is 0 Å². The average Bonchev–Trinajstić information content (AvgIpc) is 2.13. The molecule has 0 heterocycles. The Bertz CT molecular complexity index is 262. The molecule has 4 nitrogen and oxygen atoms in total. The molecule has 0 rings (SSSR count). The Kier molecular flexibility index (Phi) is 4.77. The molecule has 0 aromatic carbocycles. The van der Waals surface area contributed by atoms with Gasteiger partial charge >= 0.3 is 11.9 Å². The highest BCUT2D eigenvalue weighted by molar-refractivity contribution is 9.10. The summed E-state index contributed by atoms with van der Waals surface area (Å²) in [4.78, 5) is 22.2. The molecule has 2 atom stereocenters. The first-order valence-electron chi connectivity index (χ1n) is 4.86. The lowest BCUT2D eigenvalue weighted by Gasteiger charge is -2.35. The Hall–Kier alpha value is -0.580. The molecule has 88 valence electrons. The van der Waals surface area contributed by atoms with Crippen molar-refractivity contribution in [2.75, 3.05) is 0 Å². The standard InChI is InChI=1S/C10H17BrO4/c1-4-5-6-9(2,7(12)13)10(3,11)8(14)15/h4-6H2,1-3H3,(H,12,13)(H,14,15)/t9-,10+/m0/s1. The molecule has 0 aliphatic heterocycles. The summed E-state index contributed by atoms with van der Waals surface area (Å²) in [5.74, 6) is -2.23. The molecule has 2 N–H and O–H groups in total. The van der Waals surface area contributed by atoms with Gasteiger partial charge in [0.25, 0.3) is 0 Å². The van der Waals surface area contributed by atoms with Gasteiger partial charge < -0.3 is 10.2 Å². The van der Waals surface area contributed by atoms with Gasteiger partial charge in [-0.1, -0.05) is 35.7 Å². The van der Waals surface area contributed by atoms with E-state index < -0.39 is 21.7 Å². The summed E-state index contributed by atoms with van der Waals surface area (Å²) in [6, 6.07) is 0. The fourth-order valence-corrected chi connectivity index (χ4v) is 1.68. The second-order valence-corrected chi connectivity index (χ2v) is 5.63. The number of aliphatic carboxylic acids is 2. The van der Waals surface area contributed by atoms with Crippen LogP contribution in [0.25, 0.3) is 0 Å². The van der Waals surface area contributed by atoms with E-state index in [9.17, 15) is 9.59 Å². The van der Waals surface area contributed by atoms with Gasteiger partial charge in [0.1, 0.15) is 4.32 Å². The van der Waals surface area contributed by atoms with Crippen molar-refractivity contribution in [3.63, 3.8) is 0 Å². The molecule has 0 aliphatic rings. The molecule has 0 amide bonds. The van der Waals surface area contributed by atoms with E-state index in [-0.39, 0.29) is 0 Å². The van der Waals surface area contributed by atoms with E-state index in [0.29, 0.717) is 12.8 Å². The third kappa shape index (κ3) is 2.71. The lowest BCUT2D eigenvalue weighted by molar-refractivity contribution is -0.158. The molecule has 5 heteroatoms. The van der Waals surface area contributed by atoms with Crippen LogP contribution < -0.4 is 0 Å². The van der Waals surface area contributed by atoms with E-state index in [1.165, 1.54) is 13.8 Å². The van der Waals surface area contributed by atoms with Crippen LogP contribution in [0.2, 0.25) is 0 Å². The minimum atomic E-state index is -1.44. The molecule has 0 aromatic rings. The van der Waals surface area contributed by atoms with Gasteiger partial charge in [-0.25, -0.2) is 0 Å². The van der Waals surface area contributed by atoms with Crippen LogP contribution >= 0.6 is 15.9 Å². The van der Waals surface area contributed by atoms with Crippen LogP contribution in [-0.4, -0.2) is 26.5 Å². The van der Waals surface area contributed by atoms with Crippen LogP contribution in [0.3, 0.4) is 0 Å². The zero-order valence-corrected chi connectivity index (χ0v) is 10.8. The van der Waals surface area contributed by atoms with E-state index in [0.717, 1.165) is 6.42 Å². The quantitative estimate of drug-likeness (QED) is 0.733. The average molecular weight is 281 g/mol. The van der Waals surface area contributed by atoms with E-state index in [1.807, 2.05) is 6.92 Å². The SMILES string of the molecule is CCCC[C@@](C)(C(=O)O)[C@](C)(Br)C(=O)O. The van der Waals surface area contributed by atoms with Crippen molar-refractivity contribution in [1.29, 1.82) is 0 Å². The first-order chi connectivity index (χ1) is 6.70. The molecule has 15 heavy (non-hydrogen) atoms. The van der Waals surface area contributed by atoms with E-state index in [4.69, 9.17) is 10.2 Å². The van der Waals surface area contributed by atoms with Gasteiger partial charge in [0, 0.05) is 0 Å². The molecule has 0 unspecified atom stereocenters. The maximum Gasteiger partial charge on any atom is 0.321 e. The smallest absolute Gasteiger partial charge is 0.321 e. The second kappa shape index (κ2) is 4.96. The first kappa shape index (κ1) is 14.4. The zero-order chi connectivity index (χ0) is 12.3. The molecular weight excluding hydrogens is 264 g/mol. The Morgan fingerprint density at radius 3 is 1.93 bits per heavy atom. The summed E-state index contributed by atoms with van der Waals surface area (Å²) < 4.78 is -1.44. The fraction of sp³-hybridized carbons (Fsp3) is 0.800. The highest BCUT2D eigenvalue weighted by Gasteiger charge is 2.53. The van der Waals surface area contributed by atoms with Crippen molar-refractivity contribution >= 4 is 27.9 Å². The number of rotatable bonds is 6. The molecule has 0 aliphatic carbocycles. The summed E-state index contributed by atoms with van der Waals surface area (Å²) in [7, 11) is 0. The monoisotopic (exact) mass is 280 g/mol. The van der Waals surface area contributed by atoms with Gasteiger partial charge in [-0.05, 0) is 20.3 Å². The maximum absolute atomic E-state index is 11.2. The van der Waals surface area contributed by atoms with Crippen LogP contribution in [0.15, 0.2) is 0 Å². The number of hydrogen-bond donors (Lipinski definition) is 2. The normalized spacial score (nSPS) is 18.9. The van der Waals surface area contributed by atoms with Crippen LogP contribution in [0, 0.1) is 5.41 Å². The minimum Gasteiger partial charge on any atom is -0.481 e. The number of unbranched alkanes of at least 4 members (excludes halogenated alkanes) is 1. The van der Waals surface area contributed by atoms with Gasteiger partial charge in [0.2, 0.25) is 0 Å². The Balaban J connectivity index is 5.10. The number of hydrogen-bond acceptors (Lipinski definition) is 2. The first-order valence-corrected chi connectivity index (χ1v) is 5.65. The van der Waals surface area contributed by atoms with Crippen LogP contribution in [0.4, 0.5) is 0 Å². The van der Waals surface area contributed by atoms with Gasteiger partial charge in [-0.3, -0.25) is 9.59 Å². The van der Waals surface area contributed by atoms with Gasteiger partial charge in [-0.2, -0.15) is 0 Å². The molecule has 0 saturated carbocycles. The Labute approximate surface area is 97.8 Å². The van der Waals surface area contributed by atoms with Crippen molar-refractivity contribution in [2.45, 2.75) is 44.4 Å². The fourth-order valence-electron chi connectivity index (χ4n) is 1.31. The van der Waals surface area contributed by atoms with Crippen molar-refractivity contribution in [1.82, 2.24) is 0 Å². The number of halogens is 1. The van der Waals surface area contributed by atoms with E-state index in [1.54, 1.807) is 0 Å². The largest absolute Gasteiger partial charge is 0.481 e. The predicted molar refractivity (Wildman–Crippen MR) is 60.2 cm³/mol. The lowest BCUT2D eigenvalue weighted by atomic mass is 9.74. The summed E-state index contributed by atoms with van der Waals surface area (Å²) in [5, 5.41) is 18.2. The van der Waals surface area contributed by atoms with Crippen molar-refractivity contribution in [3.8, 4) is 0 Å². The lowest BCUT2D eigenvalue weighted by Crippen LogP contribution is -2.50. The van der Waals surface area contributed by atoms with Crippen molar-refractivity contribution in [3.05, 3.63) is 0 Å². The third-order valence-corrected chi connectivity index (χ3v) is 4.15. The summed E-state index contributed by atoms with van der Waals surface area (Å²) in [6.45, 7) is 4.79. The summed E-state index contributed by atoms with van der Waals surface area (Å²) in [5.41, 5.74) is -1.30. The third-order valence-electron chi connectivity index (χ3n) is 2.94. The summed E-state index contributed by atoms with van der Waals surface area (Å²) in [6.07, 6.45) is 1.87. The molecular formula is C10H17BrO4. The topological polar surface area (TPSA) is 74.6 Å². The molecule has 0 aromatic heterocycles. The Morgan fingerprint density at radius 2 is 1.67 bits per heavy atom. The molecule has 0 radical (unpaired) electrons. The number of carboxylic acids is 2. The molecule has 0 fully saturated rings. The molecule has 0 spiro atoms. The number of alkyl halides is 1. The van der Waals surface area contributed by atoms with E-state index >= 15 is 0 Å². The van der Waals surface area contributed by atoms with Gasteiger partial charge in [-0.15, -0.1) is 0 Å². The van der Waals surface area contributed by atoms with Crippen LogP contribution in [0.1, 0.15) is 40.0 Å². The van der Waals surface area contributed by atoms with E-state index in [2.05, 4.69) is 15.9 Å². The van der Waals surface area contributed by atoms with Crippen molar-refractivity contribution < 1.29 is 19.8 Å². The highest BCUT2D eigenvalue weighted by Crippen LogP contribution is 2.43. The second-order valence-electron chi connectivity index (χ2n) is 4.05. The summed E-state index contributed by atoms with van der Waals surface area (Å²) >= 11 is 3.02. The number of carbonyl (C=O) groups is 2. The molecule has 0 saturated heterocycles. The molecule has 0 bridgehead atoms. The minimum absolute atomic E-state index is 0.340. The van der Waals surface area contributed by atoms with Gasteiger partial charge in [0.15, 0.2) is 0 Å². The Morgan fingerprint density at radius 1 is 1.20 bits per heavy atom. The van der Waals surface area contributed by atoms with Crippen molar-refractivity contribution in [2.24, 2.45) is 5.41 Å². The van der Waals surface area contributed by atoms with Crippen LogP contribution in [-0.2, 0) is 9.59 Å². The predicted octanol–water partition coefficient (Wildman–Crippen LogP) is 2.51. The van der Waals surface area contributed by atoms with Gasteiger partial charge in [0.05, 0.1) is 5.41 Å². The maximum atomic E-state index is 11.2.